The molecule has 6 nitrogen and oxygen atoms in total. The molecule has 2 heterocycles. The van der Waals surface area contributed by atoms with Crippen LogP contribution in [0.3, 0.4) is 0 Å². The predicted octanol–water partition coefficient (Wildman–Crippen LogP) is 0.551. The Labute approximate surface area is 118 Å². The highest BCUT2D eigenvalue weighted by Gasteiger charge is 2.31. The van der Waals surface area contributed by atoms with Crippen molar-refractivity contribution in [2.24, 2.45) is 13.0 Å². The molecule has 0 radical (unpaired) electrons. The van der Waals surface area contributed by atoms with Gasteiger partial charge in [-0.25, -0.2) is 0 Å². The van der Waals surface area contributed by atoms with E-state index in [9.17, 15) is 9.59 Å². The fourth-order valence-corrected chi connectivity index (χ4v) is 2.71. The summed E-state index contributed by atoms with van der Waals surface area (Å²) < 4.78 is 1.59. The molecule has 1 atom stereocenters. The van der Waals surface area contributed by atoms with E-state index in [4.69, 9.17) is 0 Å². The zero-order valence-corrected chi connectivity index (χ0v) is 11.7. The third kappa shape index (κ3) is 2.84. The number of amides is 2. The van der Waals surface area contributed by atoms with Crippen molar-refractivity contribution in [1.82, 2.24) is 20.0 Å². The summed E-state index contributed by atoms with van der Waals surface area (Å²) >= 11 is 0. The maximum Gasteiger partial charge on any atom is 0.272 e. The molecule has 1 N–H and O–H groups in total. The Morgan fingerprint density at radius 1 is 1.40 bits per heavy atom. The van der Waals surface area contributed by atoms with Gasteiger partial charge in [0, 0.05) is 38.8 Å². The number of carbonyl (C=O) groups excluding carboxylic acids is 2. The van der Waals surface area contributed by atoms with Crippen LogP contribution in [0, 0.1) is 5.92 Å². The van der Waals surface area contributed by atoms with Crippen molar-refractivity contribution in [3.05, 3.63) is 18.0 Å². The highest BCUT2D eigenvalue weighted by molar-refractivity contribution is 5.92. The van der Waals surface area contributed by atoms with Crippen LogP contribution in [0.2, 0.25) is 0 Å². The number of hydrogen-bond acceptors (Lipinski definition) is 3. The molecule has 3 rings (SSSR count). The summed E-state index contributed by atoms with van der Waals surface area (Å²) in [6.45, 7) is 1.40. The van der Waals surface area contributed by atoms with E-state index in [1.54, 1.807) is 24.0 Å². The third-order valence-electron chi connectivity index (χ3n) is 4.03. The van der Waals surface area contributed by atoms with E-state index >= 15 is 0 Å². The standard InChI is InChI=1S/C14H20N4O2/c1-17-12(4-6-15-17)14(20)18-7-5-10(9-18)8-13(19)16-11-2-3-11/h4,6,10-11H,2-3,5,7-9H2,1H3,(H,16,19). The molecule has 1 aromatic rings. The van der Waals surface area contributed by atoms with Gasteiger partial charge in [-0.1, -0.05) is 0 Å². The lowest BCUT2D eigenvalue weighted by atomic mass is 10.0. The van der Waals surface area contributed by atoms with Crippen molar-refractivity contribution >= 4 is 11.8 Å². The quantitative estimate of drug-likeness (QED) is 0.873. The maximum atomic E-state index is 12.3. The molecule has 1 aliphatic heterocycles. The zero-order valence-electron chi connectivity index (χ0n) is 11.7. The van der Waals surface area contributed by atoms with E-state index in [1.165, 1.54) is 0 Å². The van der Waals surface area contributed by atoms with Gasteiger partial charge >= 0.3 is 0 Å². The average molecular weight is 276 g/mol. The Hall–Kier alpha value is -1.85. The van der Waals surface area contributed by atoms with E-state index in [0.717, 1.165) is 25.8 Å². The van der Waals surface area contributed by atoms with Crippen LogP contribution in [0.15, 0.2) is 12.3 Å². The molecule has 108 valence electrons. The Kier molecular flexibility index (Phi) is 3.46. The maximum absolute atomic E-state index is 12.3. The fourth-order valence-electron chi connectivity index (χ4n) is 2.71. The van der Waals surface area contributed by atoms with Crippen molar-refractivity contribution in [1.29, 1.82) is 0 Å². The second kappa shape index (κ2) is 5.26. The first-order chi connectivity index (χ1) is 9.63. The van der Waals surface area contributed by atoms with Gasteiger partial charge in [0.25, 0.3) is 5.91 Å². The molecule has 0 aromatic carbocycles. The molecular weight excluding hydrogens is 256 g/mol. The summed E-state index contributed by atoms with van der Waals surface area (Å²) in [7, 11) is 1.77. The third-order valence-corrected chi connectivity index (χ3v) is 4.03. The van der Waals surface area contributed by atoms with Gasteiger partial charge in [-0.3, -0.25) is 14.3 Å². The number of aryl methyl sites for hydroxylation is 1. The summed E-state index contributed by atoms with van der Waals surface area (Å²) in [6, 6.07) is 2.14. The minimum atomic E-state index is 0.00935. The summed E-state index contributed by atoms with van der Waals surface area (Å²) in [5, 5.41) is 7.03. The van der Waals surface area contributed by atoms with Gasteiger partial charge in [0.1, 0.15) is 5.69 Å². The van der Waals surface area contributed by atoms with Gasteiger partial charge in [-0.2, -0.15) is 5.10 Å². The lowest BCUT2D eigenvalue weighted by Crippen LogP contribution is -2.32. The second-order valence-corrected chi connectivity index (χ2v) is 5.79. The van der Waals surface area contributed by atoms with Crippen LogP contribution >= 0.6 is 0 Å². The number of aromatic nitrogens is 2. The first kappa shape index (κ1) is 13.1. The molecule has 1 aliphatic carbocycles. The van der Waals surface area contributed by atoms with Crippen LogP contribution in [-0.2, 0) is 11.8 Å². The monoisotopic (exact) mass is 276 g/mol. The molecule has 1 unspecified atom stereocenters. The number of carbonyl (C=O) groups is 2. The first-order valence-corrected chi connectivity index (χ1v) is 7.20. The summed E-state index contributed by atoms with van der Waals surface area (Å²) in [5.74, 6) is 0.424. The molecule has 1 aromatic heterocycles. The largest absolute Gasteiger partial charge is 0.353 e. The van der Waals surface area contributed by atoms with E-state index < -0.39 is 0 Å². The molecule has 0 bridgehead atoms. The Bertz CT molecular complexity index is 521. The van der Waals surface area contributed by atoms with E-state index in [0.29, 0.717) is 24.7 Å². The predicted molar refractivity (Wildman–Crippen MR) is 73.0 cm³/mol. The fraction of sp³-hybridized carbons (Fsp3) is 0.643. The molecule has 2 amide bonds. The molecule has 2 aliphatic rings. The van der Waals surface area contributed by atoms with Crippen molar-refractivity contribution in [3.8, 4) is 0 Å². The normalized spacial score (nSPS) is 22.1. The molecular formula is C14H20N4O2. The van der Waals surface area contributed by atoms with Crippen molar-refractivity contribution < 1.29 is 9.59 Å². The summed E-state index contributed by atoms with van der Waals surface area (Å²) in [4.78, 5) is 25.9. The number of nitrogens with one attached hydrogen (secondary N) is 1. The van der Waals surface area contributed by atoms with Crippen LogP contribution < -0.4 is 5.32 Å². The van der Waals surface area contributed by atoms with Crippen LogP contribution in [0.1, 0.15) is 36.2 Å². The van der Waals surface area contributed by atoms with Crippen LogP contribution in [0.25, 0.3) is 0 Å². The molecule has 1 saturated carbocycles. The van der Waals surface area contributed by atoms with Gasteiger partial charge in [0.2, 0.25) is 5.91 Å². The van der Waals surface area contributed by atoms with Crippen molar-refractivity contribution in [2.45, 2.75) is 31.7 Å². The molecule has 1 saturated heterocycles. The number of nitrogens with zero attached hydrogens (tertiary/aromatic N) is 3. The van der Waals surface area contributed by atoms with Gasteiger partial charge < -0.3 is 10.2 Å². The van der Waals surface area contributed by atoms with Gasteiger partial charge in [0.15, 0.2) is 0 Å². The lowest BCUT2D eigenvalue weighted by Gasteiger charge is -2.16. The number of likely N-dealkylation sites (tertiary alicyclic amines) is 1. The number of hydrogen-bond donors (Lipinski definition) is 1. The minimum Gasteiger partial charge on any atom is -0.353 e. The molecule has 20 heavy (non-hydrogen) atoms. The van der Waals surface area contributed by atoms with Crippen LogP contribution in [0.4, 0.5) is 0 Å². The highest BCUT2D eigenvalue weighted by atomic mass is 16.2. The topological polar surface area (TPSA) is 67.2 Å². The van der Waals surface area contributed by atoms with Gasteiger partial charge in [-0.05, 0) is 31.2 Å². The smallest absolute Gasteiger partial charge is 0.272 e. The Morgan fingerprint density at radius 2 is 2.20 bits per heavy atom. The van der Waals surface area contributed by atoms with Crippen molar-refractivity contribution in [2.75, 3.05) is 13.1 Å². The van der Waals surface area contributed by atoms with Gasteiger partial charge in [-0.15, -0.1) is 0 Å². The SMILES string of the molecule is Cn1nccc1C(=O)N1CCC(CC(=O)NC2CC2)C1. The minimum absolute atomic E-state index is 0.00935. The van der Waals surface area contributed by atoms with E-state index in [1.807, 2.05) is 4.90 Å². The highest BCUT2D eigenvalue weighted by Crippen LogP contribution is 2.23. The lowest BCUT2D eigenvalue weighted by molar-refractivity contribution is -0.122. The average Bonchev–Trinajstić information content (AvgIpc) is 2.92. The van der Waals surface area contributed by atoms with Crippen molar-refractivity contribution in [3.63, 3.8) is 0 Å². The molecule has 2 fully saturated rings. The Balaban J connectivity index is 1.52. The number of rotatable bonds is 4. The second-order valence-electron chi connectivity index (χ2n) is 5.79. The molecule has 6 heteroatoms. The first-order valence-electron chi connectivity index (χ1n) is 7.20. The zero-order chi connectivity index (χ0) is 14.1. The van der Waals surface area contributed by atoms with E-state index in [2.05, 4.69) is 10.4 Å². The van der Waals surface area contributed by atoms with Crippen LogP contribution in [-0.4, -0.2) is 45.6 Å². The Morgan fingerprint density at radius 3 is 2.85 bits per heavy atom. The van der Waals surface area contributed by atoms with Crippen LogP contribution in [0.5, 0.6) is 0 Å². The molecule has 0 spiro atoms. The summed E-state index contributed by atoms with van der Waals surface area (Å²) in [5.41, 5.74) is 0.605. The van der Waals surface area contributed by atoms with E-state index in [-0.39, 0.29) is 17.7 Å². The van der Waals surface area contributed by atoms with Gasteiger partial charge in [0.05, 0.1) is 0 Å². The summed E-state index contributed by atoms with van der Waals surface area (Å²) in [6.07, 6.45) is 5.29.